The Morgan fingerprint density at radius 3 is 2.84 bits per heavy atom. The molecule has 0 aromatic heterocycles. The van der Waals surface area contributed by atoms with Gasteiger partial charge in [0, 0.05) is 19.0 Å². The van der Waals surface area contributed by atoms with E-state index in [0.717, 1.165) is 32.5 Å². The van der Waals surface area contributed by atoms with Crippen molar-refractivity contribution >= 4 is 0 Å². The maximum atomic E-state index is 9.98. The molecule has 2 aliphatic rings. The highest BCUT2D eigenvalue weighted by Crippen LogP contribution is 2.19. The van der Waals surface area contributed by atoms with Gasteiger partial charge in [-0.2, -0.15) is 0 Å². The number of likely N-dealkylation sites (N-methyl/N-ethyl adjacent to an activating group) is 1. The fraction of sp³-hybridized carbons (Fsp3) is 1.00. The number of aliphatic hydroxyl groups is 2. The standard InChI is InChI=1S/C13H26N2O4/c1-9-13(17)10(8-12(16)19-9)14-5-3-4-11-15(2)6-7-18-11/h9-14,16-17H,3-8H2,1-2H3. The van der Waals surface area contributed by atoms with E-state index in [1.54, 1.807) is 6.92 Å². The van der Waals surface area contributed by atoms with Crippen LogP contribution in [0.25, 0.3) is 0 Å². The quantitative estimate of drug-likeness (QED) is 0.587. The van der Waals surface area contributed by atoms with E-state index in [-0.39, 0.29) is 18.4 Å². The largest absolute Gasteiger partial charge is 0.389 e. The summed E-state index contributed by atoms with van der Waals surface area (Å²) in [7, 11) is 2.07. The first-order valence-electron chi connectivity index (χ1n) is 7.14. The SMILES string of the molecule is CC1OC(O)CC(NCCCC2OCCN2C)C1O. The van der Waals surface area contributed by atoms with Crippen LogP contribution in [-0.2, 0) is 9.47 Å². The van der Waals surface area contributed by atoms with Gasteiger partial charge in [0.2, 0.25) is 0 Å². The molecule has 3 N–H and O–H groups in total. The average Bonchev–Trinajstić information content (AvgIpc) is 2.76. The summed E-state index contributed by atoms with van der Waals surface area (Å²) >= 11 is 0. The first kappa shape index (κ1) is 15.2. The highest BCUT2D eigenvalue weighted by Gasteiger charge is 2.33. The number of aliphatic hydroxyl groups excluding tert-OH is 2. The fourth-order valence-corrected chi connectivity index (χ4v) is 2.74. The molecule has 2 fully saturated rings. The monoisotopic (exact) mass is 274 g/mol. The number of nitrogens with one attached hydrogen (secondary N) is 1. The second kappa shape index (κ2) is 6.97. The van der Waals surface area contributed by atoms with Gasteiger partial charge in [0.05, 0.1) is 18.8 Å². The van der Waals surface area contributed by atoms with Crippen LogP contribution in [0, 0.1) is 0 Å². The minimum atomic E-state index is -0.778. The zero-order valence-electron chi connectivity index (χ0n) is 11.8. The van der Waals surface area contributed by atoms with E-state index in [1.165, 1.54) is 0 Å². The number of rotatable bonds is 5. The van der Waals surface area contributed by atoms with Gasteiger partial charge in [-0.25, -0.2) is 0 Å². The molecule has 2 rings (SSSR count). The molecule has 5 atom stereocenters. The predicted octanol–water partition coefficient (Wildman–Crippen LogP) is -0.499. The van der Waals surface area contributed by atoms with E-state index in [4.69, 9.17) is 9.47 Å². The third kappa shape index (κ3) is 4.11. The lowest BCUT2D eigenvalue weighted by molar-refractivity contribution is -0.202. The molecule has 5 unspecified atom stereocenters. The molecule has 0 aromatic rings. The normalized spacial score (nSPS) is 40.7. The molecular weight excluding hydrogens is 248 g/mol. The molecule has 2 aliphatic heterocycles. The lowest BCUT2D eigenvalue weighted by atomic mass is 9.99. The molecule has 0 aromatic carbocycles. The van der Waals surface area contributed by atoms with Crippen molar-refractivity contribution in [1.29, 1.82) is 0 Å². The average molecular weight is 274 g/mol. The van der Waals surface area contributed by atoms with Gasteiger partial charge in [0.15, 0.2) is 6.29 Å². The van der Waals surface area contributed by atoms with Gasteiger partial charge in [0.1, 0.15) is 6.23 Å². The van der Waals surface area contributed by atoms with Crippen LogP contribution in [-0.4, -0.2) is 72.6 Å². The summed E-state index contributed by atoms with van der Waals surface area (Å²) in [6.45, 7) is 4.41. The second-order valence-corrected chi connectivity index (χ2v) is 5.53. The third-order valence-corrected chi connectivity index (χ3v) is 4.00. The van der Waals surface area contributed by atoms with E-state index in [1.807, 2.05) is 0 Å². The Labute approximate surface area is 114 Å². The molecule has 0 aliphatic carbocycles. The number of hydrogen-bond donors (Lipinski definition) is 3. The van der Waals surface area contributed by atoms with Crippen molar-refractivity contribution in [3.8, 4) is 0 Å². The van der Waals surface area contributed by atoms with E-state index in [9.17, 15) is 10.2 Å². The molecule has 0 radical (unpaired) electrons. The van der Waals surface area contributed by atoms with E-state index in [0.29, 0.717) is 6.42 Å². The summed E-state index contributed by atoms with van der Waals surface area (Å²) < 4.78 is 10.8. The second-order valence-electron chi connectivity index (χ2n) is 5.53. The van der Waals surface area contributed by atoms with Gasteiger partial charge in [-0.1, -0.05) is 0 Å². The van der Waals surface area contributed by atoms with Crippen molar-refractivity contribution in [1.82, 2.24) is 10.2 Å². The Bertz CT molecular complexity index is 279. The van der Waals surface area contributed by atoms with Crippen LogP contribution in [0.15, 0.2) is 0 Å². The lowest BCUT2D eigenvalue weighted by Crippen LogP contribution is -2.53. The molecule has 0 bridgehead atoms. The smallest absolute Gasteiger partial charge is 0.156 e. The molecule has 19 heavy (non-hydrogen) atoms. The molecule has 0 spiro atoms. The van der Waals surface area contributed by atoms with E-state index >= 15 is 0 Å². The molecule has 0 amide bonds. The number of hydrogen-bond acceptors (Lipinski definition) is 6. The van der Waals surface area contributed by atoms with Crippen LogP contribution < -0.4 is 5.32 Å². The number of ether oxygens (including phenoxy) is 2. The number of nitrogens with zero attached hydrogens (tertiary/aromatic N) is 1. The molecule has 2 saturated heterocycles. The van der Waals surface area contributed by atoms with Crippen molar-refractivity contribution in [3.63, 3.8) is 0 Å². The van der Waals surface area contributed by atoms with Gasteiger partial charge >= 0.3 is 0 Å². The Balaban J connectivity index is 1.64. The fourth-order valence-electron chi connectivity index (χ4n) is 2.74. The zero-order valence-corrected chi connectivity index (χ0v) is 11.8. The topological polar surface area (TPSA) is 74.2 Å². The zero-order chi connectivity index (χ0) is 13.8. The summed E-state index contributed by atoms with van der Waals surface area (Å²) in [4.78, 5) is 2.22. The van der Waals surface area contributed by atoms with Gasteiger partial charge in [-0.05, 0) is 33.4 Å². The van der Waals surface area contributed by atoms with Crippen molar-refractivity contribution < 1.29 is 19.7 Å². The van der Waals surface area contributed by atoms with Crippen LogP contribution in [0.4, 0.5) is 0 Å². The Morgan fingerprint density at radius 2 is 2.16 bits per heavy atom. The first-order valence-corrected chi connectivity index (χ1v) is 7.14. The van der Waals surface area contributed by atoms with Crippen LogP contribution in [0.1, 0.15) is 26.2 Å². The Hall–Kier alpha value is -0.240. The van der Waals surface area contributed by atoms with Crippen molar-refractivity contribution in [2.24, 2.45) is 0 Å². The van der Waals surface area contributed by atoms with Crippen molar-refractivity contribution in [2.45, 2.75) is 57.0 Å². The Morgan fingerprint density at radius 1 is 1.37 bits per heavy atom. The van der Waals surface area contributed by atoms with Gasteiger partial charge in [-0.3, -0.25) is 4.90 Å². The Kier molecular flexibility index (Phi) is 5.56. The molecule has 0 saturated carbocycles. The van der Waals surface area contributed by atoms with Gasteiger partial charge in [0.25, 0.3) is 0 Å². The third-order valence-electron chi connectivity index (χ3n) is 4.00. The van der Waals surface area contributed by atoms with Crippen LogP contribution in [0.3, 0.4) is 0 Å². The molecule has 112 valence electrons. The summed E-state index contributed by atoms with van der Waals surface area (Å²) in [5.74, 6) is 0. The van der Waals surface area contributed by atoms with E-state index in [2.05, 4.69) is 17.3 Å². The highest BCUT2D eigenvalue weighted by atomic mass is 16.6. The minimum Gasteiger partial charge on any atom is -0.389 e. The summed E-state index contributed by atoms with van der Waals surface area (Å²) in [6.07, 6.45) is 0.973. The van der Waals surface area contributed by atoms with Gasteiger partial charge < -0.3 is 25.0 Å². The maximum Gasteiger partial charge on any atom is 0.156 e. The van der Waals surface area contributed by atoms with Crippen LogP contribution in [0.5, 0.6) is 0 Å². The molecule has 2 heterocycles. The van der Waals surface area contributed by atoms with Crippen LogP contribution >= 0.6 is 0 Å². The lowest BCUT2D eigenvalue weighted by Gasteiger charge is -2.36. The molecule has 6 heteroatoms. The van der Waals surface area contributed by atoms with Crippen LogP contribution in [0.2, 0.25) is 0 Å². The highest BCUT2D eigenvalue weighted by molar-refractivity contribution is 4.85. The molecular formula is C13H26N2O4. The summed E-state index contributed by atoms with van der Waals surface area (Å²) in [5.41, 5.74) is 0. The molecule has 6 nitrogen and oxygen atoms in total. The van der Waals surface area contributed by atoms with Crippen molar-refractivity contribution in [2.75, 3.05) is 26.7 Å². The predicted molar refractivity (Wildman–Crippen MR) is 70.6 cm³/mol. The van der Waals surface area contributed by atoms with E-state index < -0.39 is 12.4 Å². The summed E-state index contributed by atoms with van der Waals surface area (Å²) in [5, 5.41) is 22.8. The summed E-state index contributed by atoms with van der Waals surface area (Å²) in [6, 6.07) is -0.0963. The first-order chi connectivity index (χ1) is 9.08. The van der Waals surface area contributed by atoms with Gasteiger partial charge in [-0.15, -0.1) is 0 Å². The minimum absolute atomic E-state index is 0.0963. The van der Waals surface area contributed by atoms with Crippen molar-refractivity contribution in [3.05, 3.63) is 0 Å². The maximum absolute atomic E-state index is 9.98.